The van der Waals surface area contributed by atoms with Crippen LogP contribution in [0, 0.1) is 5.41 Å². The molecule has 0 aromatic carbocycles. The summed E-state index contributed by atoms with van der Waals surface area (Å²) in [5, 5.41) is 4.42. The topological polar surface area (TPSA) is 80.0 Å². The van der Waals surface area contributed by atoms with E-state index in [1.807, 2.05) is 4.90 Å². The van der Waals surface area contributed by atoms with Gasteiger partial charge in [0, 0.05) is 44.6 Å². The maximum Gasteiger partial charge on any atom is 0.287 e. The van der Waals surface area contributed by atoms with E-state index in [0.717, 1.165) is 11.6 Å². The summed E-state index contributed by atoms with van der Waals surface area (Å²) in [5.74, 6) is -3.07. The minimum absolute atomic E-state index is 0.144. The second kappa shape index (κ2) is 7.10. The molecule has 0 bridgehead atoms. The second-order valence-electron chi connectivity index (χ2n) is 8.30. The lowest BCUT2D eigenvalue weighted by Crippen LogP contribution is -2.60. The molecule has 5 heterocycles. The van der Waals surface area contributed by atoms with E-state index in [4.69, 9.17) is 0 Å². The first-order valence-corrected chi connectivity index (χ1v) is 10.0. The molecule has 0 N–H and O–H groups in total. The SMILES string of the molecule is CC(F)(F)c1cc(N2CC3(CCN(c4ncc5cnn(CC(F)F)c5n4)C3=O)C2)ccn1. The van der Waals surface area contributed by atoms with E-state index in [2.05, 4.69) is 20.1 Å². The zero-order chi connectivity index (χ0) is 22.7. The molecule has 3 aromatic heterocycles. The van der Waals surface area contributed by atoms with Crippen LogP contribution in [-0.2, 0) is 17.3 Å². The Balaban J connectivity index is 1.34. The molecule has 168 valence electrons. The van der Waals surface area contributed by atoms with Crippen LogP contribution >= 0.6 is 0 Å². The van der Waals surface area contributed by atoms with Crippen LogP contribution in [0.5, 0.6) is 0 Å². The maximum atomic E-state index is 13.6. The maximum absolute atomic E-state index is 13.6. The average molecular weight is 449 g/mol. The lowest BCUT2D eigenvalue weighted by Gasteiger charge is -2.47. The molecule has 2 saturated heterocycles. The monoisotopic (exact) mass is 449 g/mol. The van der Waals surface area contributed by atoms with Gasteiger partial charge in [0.25, 0.3) is 12.3 Å². The summed E-state index contributed by atoms with van der Waals surface area (Å²) in [6.07, 6.45) is 2.17. The van der Waals surface area contributed by atoms with Crippen LogP contribution in [0.25, 0.3) is 11.0 Å². The molecule has 0 atom stereocenters. The number of hydrogen-bond acceptors (Lipinski definition) is 6. The van der Waals surface area contributed by atoms with Gasteiger partial charge in [-0.1, -0.05) is 0 Å². The number of hydrogen-bond donors (Lipinski definition) is 0. The van der Waals surface area contributed by atoms with Crippen LogP contribution in [-0.4, -0.2) is 56.7 Å². The normalized spacial score (nSPS) is 18.2. The Hall–Kier alpha value is -3.31. The van der Waals surface area contributed by atoms with E-state index in [0.29, 0.717) is 37.1 Å². The standard InChI is InChI=1S/C20H19F4N7O/c1-19(23,24)14-6-13(2-4-25-14)29-10-20(11-29)3-5-30(17(20)32)18-26-7-12-8-27-31(9-15(21)22)16(12)28-18/h2,4,6-8,15H,3,5,9-11H2,1H3. The summed E-state index contributed by atoms with van der Waals surface area (Å²) in [6, 6.07) is 2.98. The summed E-state index contributed by atoms with van der Waals surface area (Å²) in [7, 11) is 0. The third kappa shape index (κ3) is 3.33. The van der Waals surface area contributed by atoms with Crippen molar-refractivity contribution in [2.45, 2.75) is 32.2 Å². The number of carbonyl (C=O) groups is 1. The summed E-state index contributed by atoms with van der Waals surface area (Å²) in [6.45, 7) is 1.34. The molecule has 12 heteroatoms. The van der Waals surface area contributed by atoms with Gasteiger partial charge in [0.2, 0.25) is 11.9 Å². The van der Waals surface area contributed by atoms with E-state index in [-0.39, 0.29) is 23.2 Å². The molecule has 1 spiro atoms. The Morgan fingerprint density at radius 2 is 2.00 bits per heavy atom. The predicted molar refractivity (Wildman–Crippen MR) is 107 cm³/mol. The number of carbonyl (C=O) groups excluding carboxylic acids is 1. The van der Waals surface area contributed by atoms with Gasteiger partial charge >= 0.3 is 0 Å². The van der Waals surface area contributed by atoms with Gasteiger partial charge in [-0.25, -0.2) is 18.4 Å². The highest BCUT2D eigenvalue weighted by atomic mass is 19.3. The molecule has 8 nitrogen and oxygen atoms in total. The molecule has 0 unspecified atom stereocenters. The number of anilines is 2. The molecule has 0 saturated carbocycles. The fraction of sp³-hybridized carbons (Fsp3) is 0.450. The molecule has 32 heavy (non-hydrogen) atoms. The highest BCUT2D eigenvalue weighted by Crippen LogP contribution is 2.44. The molecule has 0 radical (unpaired) electrons. The van der Waals surface area contributed by atoms with Crippen LogP contribution in [0.15, 0.2) is 30.7 Å². The molecular weight excluding hydrogens is 430 g/mol. The quantitative estimate of drug-likeness (QED) is 0.558. The van der Waals surface area contributed by atoms with Crippen LogP contribution in [0.3, 0.4) is 0 Å². The molecular formula is C20H19F4N7O. The molecule has 1 amide bonds. The van der Waals surface area contributed by atoms with Crippen molar-refractivity contribution in [3.63, 3.8) is 0 Å². The highest BCUT2D eigenvalue weighted by Gasteiger charge is 2.55. The Labute approximate surface area is 179 Å². The summed E-state index contributed by atoms with van der Waals surface area (Å²) >= 11 is 0. The minimum atomic E-state index is -3.05. The first-order valence-electron chi connectivity index (χ1n) is 10.0. The Bertz CT molecular complexity index is 1190. The van der Waals surface area contributed by atoms with Crippen molar-refractivity contribution in [2.75, 3.05) is 29.4 Å². The van der Waals surface area contributed by atoms with Gasteiger partial charge in [0.05, 0.1) is 17.0 Å². The van der Waals surface area contributed by atoms with Crippen molar-refractivity contribution in [3.05, 3.63) is 36.4 Å². The van der Waals surface area contributed by atoms with Crippen LogP contribution in [0.4, 0.5) is 29.2 Å². The summed E-state index contributed by atoms with van der Waals surface area (Å²) in [4.78, 5) is 28.8. The van der Waals surface area contributed by atoms with Crippen molar-refractivity contribution >= 4 is 28.6 Å². The van der Waals surface area contributed by atoms with Crippen LogP contribution in [0.1, 0.15) is 19.0 Å². The van der Waals surface area contributed by atoms with E-state index in [9.17, 15) is 22.4 Å². The number of fused-ring (bicyclic) bond motifs is 1. The molecule has 2 fully saturated rings. The molecule has 5 rings (SSSR count). The van der Waals surface area contributed by atoms with Gasteiger partial charge in [-0.2, -0.15) is 18.9 Å². The van der Waals surface area contributed by atoms with Gasteiger partial charge in [-0.3, -0.25) is 14.7 Å². The predicted octanol–water partition coefficient (Wildman–Crippen LogP) is 2.84. The average Bonchev–Trinajstić information content (AvgIpc) is 3.26. The third-order valence-electron chi connectivity index (χ3n) is 5.97. The highest BCUT2D eigenvalue weighted by molar-refractivity contribution is 6.01. The van der Waals surface area contributed by atoms with Gasteiger partial charge in [-0.15, -0.1) is 0 Å². The zero-order valence-electron chi connectivity index (χ0n) is 17.1. The lowest BCUT2D eigenvalue weighted by atomic mass is 9.78. The van der Waals surface area contributed by atoms with Crippen molar-refractivity contribution in [1.29, 1.82) is 0 Å². The first kappa shape index (κ1) is 20.6. The fourth-order valence-electron chi connectivity index (χ4n) is 4.28. The van der Waals surface area contributed by atoms with E-state index >= 15 is 0 Å². The van der Waals surface area contributed by atoms with Gasteiger partial charge < -0.3 is 4.90 Å². The second-order valence-corrected chi connectivity index (χ2v) is 8.30. The number of rotatable bonds is 5. The number of amides is 1. The van der Waals surface area contributed by atoms with Gasteiger partial charge in [0.1, 0.15) is 12.2 Å². The molecule has 3 aromatic rings. The molecule has 2 aliphatic rings. The van der Waals surface area contributed by atoms with E-state index in [1.165, 1.54) is 29.6 Å². The van der Waals surface area contributed by atoms with Crippen molar-refractivity contribution in [1.82, 2.24) is 24.7 Å². The fourth-order valence-corrected chi connectivity index (χ4v) is 4.28. The van der Waals surface area contributed by atoms with Crippen molar-refractivity contribution in [3.8, 4) is 0 Å². The largest absolute Gasteiger partial charge is 0.369 e. The summed E-state index contributed by atoms with van der Waals surface area (Å²) in [5.41, 5.74) is -0.150. The summed E-state index contributed by atoms with van der Waals surface area (Å²) < 4.78 is 53.9. The minimum Gasteiger partial charge on any atom is -0.369 e. The number of aromatic nitrogens is 5. The number of pyridine rings is 1. The number of halogens is 4. The lowest BCUT2D eigenvalue weighted by molar-refractivity contribution is -0.126. The molecule has 0 aliphatic carbocycles. The third-order valence-corrected chi connectivity index (χ3v) is 5.97. The van der Waals surface area contributed by atoms with E-state index < -0.39 is 24.3 Å². The van der Waals surface area contributed by atoms with Crippen LogP contribution < -0.4 is 9.80 Å². The van der Waals surface area contributed by atoms with Crippen LogP contribution in [0.2, 0.25) is 0 Å². The number of alkyl halides is 4. The smallest absolute Gasteiger partial charge is 0.287 e. The van der Waals surface area contributed by atoms with Crippen molar-refractivity contribution < 1.29 is 22.4 Å². The molecule has 2 aliphatic heterocycles. The van der Waals surface area contributed by atoms with Crippen molar-refractivity contribution in [2.24, 2.45) is 5.41 Å². The van der Waals surface area contributed by atoms with Gasteiger partial charge in [0.15, 0.2) is 5.65 Å². The van der Waals surface area contributed by atoms with Gasteiger partial charge in [-0.05, 0) is 18.6 Å². The Morgan fingerprint density at radius 1 is 1.22 bits per heavy atom. The zero-order valence-corrected chi connectivity index (χ0v) is 17.1. The first-order chi connectivity index (χ1) is 15.2. The van der Waals surface area contributed by atoms with E-state index in [1.54, 1.807) is 6.07 Å². The Kier molecular flexibility index (Phi) is 4.57. The number of nitrogens with zero attached hydrogens (tertiary/aromatic N) is 7. The Morgan fingerprint density at radius 3 is 2.72 bits per heavy atom.